The van der Waals surface area contributed by atoms with Crippen molar-refractivity contribution in [1.82, 2.24) is 9.80 Å². The number of ether oxygens (including phenoxy) is 1. The van der Waals surface area contributed by atoms with Gasteiger partial charge in [-0.15, -0.1) is 24.8 Å². The molecule has 0 spiro atoms. The smallest absolute Gasteiger partial charge is 0.230 e. The van der Waals surface area contributed by atoms with E-state index in [4.69, 9.17) is 10.5 Å². The lowest BCUT2D eigenvalue weighted by molar-refractivity contribution is -0.149. The van der Waals surface area contributed by atoms with E-state index in [1.165, 1.54) is 12.8 Å². The topological polar surface area (TPSA) is 58.8 Å². The van der Waals surface area contributed by atoms with Gasteiger partial charge in [-0.05, 0) is 25.7 Å². The molecule has 2 N–H and O–H groups in total. The lowest BCUT2D eigenvalue weighted by Crippen LogP contribution is -2.56. The first-order chi connectivity index (χ1) is 9.25. The molecule has 21 heavy (non-hydrogen) atoms. The highest BCUT2D eigenvalue weighted by Crippen LogP contribution is 2.33. The zero-order valence-corrected chi connectivity index (χ0v) is 14.1. The van der Waals surface area contributed by atoms with E-state index in [2.05, 4.69) is 4.90 Å². The summed E-state index contributed by atoms with van der Waals surface area (Å²) in [6.07, 6.45) is 4.26. The summed E-state index contributed by atoms with van der Waals surface area (Å²) in [6.45, 7) is 5.62. The third kappa shape index (κ3) is 4.02. The third-order valence-electron chi connectivity index (χ3n) is 4.96. The zero-order valence-electron chi connectivity index (χ0n) is 12.5. The molecule has 0 bridgehead atoms. The third-order valence-corrected chi connectivity index (χ3v) is 4.96. The van der Waals surface area contributed by atoms with Crippen LogP contribution in [-0.4, -0.2) is 67.7 Å². The number of hydrogen-bond donors (Lipinski definition) is 1. The Kier molecular flexibility index (Phi) is 7.20. The maximum atomic E-state index is 12.8. The highest BCUT2D eigenvalue weighted by atomic mass is 35.5. The van der Waals surface area contributed by atoms with Crippen LogP contribution in [0.4, 0.5) is 0 Å². The maximum absolute atomic E-state index is 12.8. The van der Waals surface area contributed by atoms with Gasteiger partial charge in [-0.3, -0.25) is 9.69 Å². The van der Waals surface area contributed by atoms with Gasteiger partial charge in [0.25, 0.3) is 0 Å². The first kappa shape index (κ1) is 19.0. The van der Waals surface area contributed by atoms with Crippen molar-refractivity contribution in [2.75, 3.05) is 45.9 Å². The molecule has 1 amide bonds. The average molecular weight is 340 g/mol. The van der Waals surface area contributed by atoms with Crippen LogP contribution in [0.1, 0.15) is 25.7 Å². The van der Waals surface area contributed by atoms with Gasteiger partial charge in [0.2, 0.25) is 5.91 Å². The van der Waals surface area contributed by atoms with Crippen LogP contribution in [0, 0.1) is 5.41 Å². The van der Waals surface area contributed by atoms with Gasteiger partial charge in [0.1, 0.15) is 0 Å². The molecule has 7 heteroatoms. The van der Waals surface area contributed by atoms with Crippen LogP contribution in [0.2, 0.25) is 0 Å². The fourth-order valence-electron chi connectivity index (χ4n) is 3.33. The number of rotatable bonds is 3. The van der Waals surface area contributed by atoms with Gasteiger partial charge >= 0.3 is 0 Å². The van der Waals surface area contributed by atoms with Crippen molar-refractivity contribution >= 4 is 30.7 Å². The summed E-state index contributed by atoms with van der Waals surface area (Å²) >= 11 is 0. The van der Waals surface area contributed by atoms with E-state index in [0.717, 1.165) is 45.1 Å². The van der Waals surface area contributed by atoms with E-state index in [1.807, 2.05) is 4.90 Å². The summed E-state index contributed by atoms with van der Waals surface area (Å²) in [6, 6.07) is 0.809. The van der Waals surface area contributed by atoms with Crippen molar-refractivity contribution < 1.29 is 9.53 Å². The Morgan fingerprint density at radius 2 is 1.67 bits per heavy atom. The van der Waals surface area contributed by atoms with E-state index in [0.29, 0.717) is 19.8 Å². The molecule has 0 radical (unpaired) electrons. The molecular formula is C14H27Cl2N3O2. The van der Waals surface area contributed by atoms with Gasteiger partial charge in [-0.2, -0.15) is 0 Å². The average Bonchev–Trinajstić information content (AvgIpc) is 3.32. The van der Waals surface area contributed by atoms with E-state index < -0.39 is 0 Å². The van der Waals surface area contributed by atoms with Crippen LogP contribution in [0.25, 0.3) is 0 Å². The highest BCUT2D eigenvalue weighted by molar-refractivity contribution is 5.85. The molecular weight excluding hydrogens is 313 g/mol. The Hall–Kier alpha value is -0.0700. The molecule has 2 saturated heterocycles. The van der Waals surface area contributed by atoms with E-state index in [-0.39, 0.29) is 36.1 Å². The van der Waals surface area contributed by atoms with Crippen LogP contribution >= 0.6 is 24.8 Å². The largest absolute Gasteiger partial charge is 0.381 e. The zero-order chi connectivity index (χ0) is 13.3. The van der Waals surface area contributed by atoms with Crippen molar-refractivity contribution in [2.24, 2.45) is 11.1 Å². The summed E-state index contributed by atoms with van der Waals surface area (Å²) in [5, 5.41) is 0. The van der Waals surface area contributed by atoms with E-state index >= 15 is 0 Å². The number of halogens is 2. The Balaban J connectivity index is 0.00000110. The first-order valence-corrected chi connectivity index (χ1v) is 7.56. The predicted octanol–water partition coefficient (Wildman–Crippen LogP) is 0.892. The van der Waals surface area contributed by atoms with Gasteiger partial charge < -0.3 is 15.4 Å². The van der Waals surface area contributed by atoms with Gasteiger partial charge in [-0.1, -0.05) is 0 Å². The molecule has 0 aromatic carbocycles. The van der Waals surface area contributed by atoms with Crippen LogP contribution in [0.5, 0.6) is 0 Å². The van der Waals surface area contributed by atoms with Crippen LogP contribution in [-0.2, 0) is 9.53 Å². The number of nitrogens with zero attached hydrogens (tertiary/aromatic N) is 2. The molecule has 124 valence electrons. The van der Waals surface area contributed by atoms with Crippen molar-refractivity contribution in [3.63, 3.8) is 0 Å². The fraction of sp³-hybridized carbons (Fsp3) is 0.929. The van der Waals surface area contributed by atoms with E-state index in [9.17, 15) is 4.79 Å². The van der Waals surface area contributed by atoms with Crippen LogP contribution < -0.4 is 5.73 Å². The Labute approximate surface area is 139 Å². The minimum atomic E-state index is -0.347. The second-order valence-electron chi connectivity index (χ2n) is 6.16. The molecule has 3 rings (SSSR count). The summed E-state index contributed by atoms with van der Waals surface area (Å²) in [4.78, 5) is 17.3. The van der Waals surface area contributed by atoms with Gasteiger partial charge in [0.05, 0.1) is 5.41 Å². The fourth-order valence-corrected chi connectivity index (χ4v) is 3.33. The quantitative estimate of drug-likeness (QED) is 0.829. The molecule has 3 aliphatic rings. The number of hydrogen-bond acceptors (Lipinski definition) is 4. The number of piperazine rings is 1. The monoisotopic (exact) mass is 339 g/mol. The Bertz CT molecular complexity index is 339. The Morgan fingerprint density at radius 1 is 1.10 bits per heavy atom. The summed E-state index contributed by atoms with van der Waals surface area (Å²) in [5.74, 6) is 0.272. The van der Waals surface area contributed by atoms with E-state index in [1.54, 1.807) is 0 Å². The molecule has 0 unspecified atom stereocenters. The molecule has 1 aliphatic carbocycles. The lowest BCUT2D eigenvalue weighted by Gasteiger charge is -2.42. The molecule has 0 aromatic heterocycles. The summed E-state index contributed by atoms with van der Waals surface area (Å²) < 4.78 is 5.39. The van der Waals surface area contributed by atoms with Crippen molar-refractivity contribution in [1.29, 1.82) is 0 Å². The van der Waals surface area contributed by atoms with Gasteiger partial charge in [-0.25, -0.2) is 0 Å². The molecule has 5 nitrogen and oxygen atoms in total. The number of amides is 1. The second kappa shape index (κ2) is 7.97. The first-order valence-electron chi connectivity index (χ1n) is 7.56. The summed E-state index contributed by atoms with van der Waals surface area (Å²) in [7, 11) is 0. The van der Waals surface area contributed by atoms with Crippen LogP contribution in [0.3, 0.4) is 0 Å². The normalized spacial score (nSPS) is 25.7. The second-order valence-corrected chi connectivity index (χ2v) is 6.16. The minimum absolute atomic E-state index is 0. The molecule has 2 heterocycles. The number of nitrogens with two attached hydrogens (primary N) is 1. The van der Waals surface area contributed by atoms with Gasteiger partial charge in [0, 0.05) is 52.0 Å². The lowest BCUT2D eigenvalue weighted by atomic mass is 9.78. The van der Waals surface area contributed by atoms with Crippen molar-refractivity contribution in [3.8, 4) is 0 Å². The molecule has 0 aromatic rings. The van der Waals surface area contributed by atoms with Crippen molar-refractivity contribution in [2.45, 2.75) is 31.7 Å². The molecule has 3 fully saturated rings. The minimum Gasteiger partial charge on any atom is -0.381 e. The SMILES string of the molecule is Cl.Cl.NCC1(C(=O)N2CCN(C3CC3)CC2)CCOCC1. The van der Waals surface area contributed by atoms with Crippen molar-refractivity contribution in [3.05, 3.63) is 0 Å². The molecule has 1 saturated carbocycles. The summed E-state index contributed by atoms with van der Waals surface area (Å²) in [5.41, 5.74) is 5.57. The molecule has 2 aliphatic heterocycles. The Morgan fingerprint density at radius 3 is 2.14 bits per heavy atom. The predicted molar refractivity (Wildman–Crippen MR) is 87.2 cm³/mol. The van der Waals surface area contributed by atoms with Gasteiger partial charge in [0.15, 0.2) is 0 Å². The van der Waals surface area contributed by atoms with Crippen LogP contribution in [0.15, 0.2) is 0 Å². The number of carbonyl (C=O) groups is 1. The number of carbonyl (C=O) groups excluding carboxylic acids is 1. The molecule has 0 atom stereocenters. The highest BCUT2D eigenvalue weighted by Gasteiger charge is 2.42. The maximum Gasteiger partial charge on any atom is 0.230 e. The standard InChI is InChI=1S/C14H25N3O2.2ClH/c15-11-14(3-9-19-10-4-14)13(18)17-7-5-16(6-8-17)12-1-2-12;;/h12H,1-11,15H2;2*1H.